The van der Waals surface area contributed by atoms with Crippen molar-refractivity contribution in [1.82, 2.24) is 5.32 Å². The Labute approximate surface area is 150 Å². The van der Waals surface area contributed by atoms with Crippen LogP contribution in [0.1, 0.15) is 94.4 Å². The molecule has 1 fully saturated rings. The second kappa shape index (κ2) is 13.5. The van der Waals surface area contributed by atoms with Crippen molar-refractivity contribution in [2.45, 2.75) is 112 Å². The lowest BCUT2D eigenvalue weighted by Crippen LogP contribution is -2.51. The summed E-state index contributed by atoms with van der Waals surface area (Å²) in [5, 5.41) is 13.5. The second-order valence-corrected chi connectivity index (χ2v) is 7.09. The highest BCUT2D eigenvalue weighted by Gasteiger charge is 2.34. The lowest BCUT2D eigenvalue weighted by molar-refractivity contribution is 0.0225. The van der Waals surface area contributed by atoms with Gasteiger partial charge >= 0.3 is 6.09 Å². The van der Waals surface area contributed by atoms with E-state index in [-0.39, 0.29) is 12.0 Å². The summed E-state index contributed by atoms with van der Waals surface area (Å²) in [5.41, 5.74) is -0.512. The van der Waals surface area contributed by atoms with Crippen LogP contribution in [0.25, 0.3) is 0 Å². The molecular formula is C20H43NO3. The number of ether oxygens (including phenoxy) is 1. The molecule has 0 aromatic rings. The highest BCUT2D eigenvalue weighted by atomic mass is 16.6. The van der Waals surface area contributed by atoms with Gasteiger partial charge in [-0.25, -0.2) is 4.79 Å². The lowest BCUT2D eigenvalue weighted by Gasteiger charge is -2.33. The summed E-state index contributed by atoms with van der Waals surface area (Å²) < 4.78 is 5.31. The van der Waals surface area contributed by atoms with Gasteiger partial charge < -0.3 is 15.2 Å². The molecule has 24 heavy (non-hydrogen) atoms. The van der Waals surface area contributed by atoms with E-state index >= 15 is 0 Å². The number of amides is 1. The first kappa shape index (κ1) is 25.5. The van der Waals surface area contributed by atoms with Crippen molar-refractivity contribution in [1.29, 1.82) is 0 Å². The van der Waals surface area contributed by atoms with E-state index in [1.807, 2.05) is 48.5 Å². The van der Waals surface area contributed by atoms with Crippen LogP contribution in [0.5, 0.6) is 0 Å². The third kappa shape index (κ3) is 10.2. The highest BCUT2D eigenvalue weighted by Crippen LogP contribution is 2.31. The van der Waals surface area contributed by atoms with Crippen molar-refractivity contribution < 1.29 is 14.6 Å². The number of carbonyl (C=O) groups excluding carboxylic acids is 1. The Hall–Kier alpha value is -0.770. The van der Waals surface area contributed by atoms with Crippen LogP contribution >= 0.6 is 0 Å². The van der Waals surface area contributed by atoms with Gasteiger partial charge in [-0.2, -0.15) is 0 Å². The van der Waals surface area contributed by atoms with E-state index in [9.17, 15) is 9.90 Å². The summed E-state index contributed by atoms with van der Waals surface area (Å²) in [6.45, 7) is 17.7. The Morgan fingerprint density at radius 2 is 1.62 bits per heavy atom. The van der Waals surface area contributed by atoms with Crippen LogP contribution in [0.3, 0.4) is 0 Å². The van der Waals surface area contributed by atoms with Crippen molar-refractivity contribution in [2.24, 2.45) is 11.8 Å². The average molecular weight is 346 g/mol. The van der Waals surface area contributed by atoms with Gasteiger partial charge in [0.15, 0.2) is 0 Å². The Bertz CT molecular complexity index is 306. The zero-order valence-corrected chi connectivity index (χ0v) is 17.6. The van der Waals surface area contributed by atoms with Crippen LogP contribution in [0.15, 0.2) is 0 Å². The van der Waals surface area contributed by atoms with Crippen molar-refractivity contribution >= 4 is 6.09 Å². The topological polar surface area (TPSA) is 58.6 Å². The minimum Gasteiger partial charge on any atom is -0.444 e. The Morgan fingerprint density at radius 1 is 1.17 bits per heavy atom. The quantitative estimate of drug-likeness (QED) is 0.689. The molecular weight excluding hydrogens is 302 g/mol. The Balaban J connectivity index is 0. The van der Waals surface area contributed by atoms with Crippen LogP contribution in [0.2, 0.25) is 0 Å². The van der Waals surface area contributed by atoms with E-state index in [0.29, 0.717) is 5.92 Å². The molecule has 0 radical (unpaired) electrons. The summed E-state index contributed by atoms with van der Waals surface area (Å²) in [7, 11) is 0. The minimum atomic E-state index is -0.512. The summed E-state index contributed by atoms with van der Waals surface area (Å²) in [6, 6.07) is -0.224. The molecule has 3 unspecified atom stereocenters. The summed E-state index contributed by atoms with van der Waals surface area (Å²) in [5.74, 6) is 0.544. The normalized spacial score (nSPS) is 18.2. The number of nitrogens with one attached hydrogen (secondary N) is 1. The maximum atomic E-state index is 12.0. The van der Waals surface area contributed by atoms with Gasteiger partial charge in [-0.15, -0.1) is 0 Å². The second-order valence-electron chi connectivity index (χ2n) is 7.09. The van der Waals surface area contributed by atoms with Crippen molar-refractivity contribution in [3.8, 4) is 0 Å². The van der Waals surface area contributed by atoms with E-state index in [2.05, 4.69) is 19.2 Å². The average Bonchev–Trinajstić information content (AvgIpc) is 3.08. The molecule has 0 spiro atoms. The fraction of sp³-hybridized carbons (Fsp3) is 0.950. The first-order valence-corrected chi connectivity index (χ1v) is 9.92. The van der Waals surface area contributed by atoms with Crippen LogP contribution < -0.4 is 5.32 Å². The predicted octanol–water partition coefficient (Wildman–Crippen LogP) is 5.53. The van der Waals surface area contributed by atoms with Crippen molar-refractivity contribution in [2.75, 3.05) is 0 Å². The molecule has 0 aromatic heterocycles. The number of aliphatic hydroxyl groups is 1. The first-order chi connectivity index (χ1) is 11.2. The number of alkyl carbamates (subject to hydrolysis) is 1. The lowest BCUT2D eigenvalue weighted by atomic mass is 9.86. The van der Waals surface area contributed by atoms with Gasteiger partial charge in [-0.1, -0.05) is 60.8 Å². The molecule has 1 amide bonds. The standard InChI is InChI=1S/C16H31NO3.2C2H6/c1-6-11(2)13(14(18)12-9-7-8-10-12)17-15(19)20-16(3,4)5;2*1-2/h11-14,18H,6-10H2,1-5H3,(H,17,19);2*1-2H3. The highest BCUT2D eigenvalue weighted by molar-refractivity contribution is 5.68. The maximum absolute atomic E-state index is 12.0. The molecule has 1 aliphatic rings. The van der Waals surface area contributed by atoms with Gasteiger partial charge in [0, 0.05) is 0 Å². The summed E-state index contributed by atoms with van der Waals surface area (Å²) >= 11 is 0. The van der Waals surface area contributed by atoms with Gasteiger partial charge in [-0.3, -0.25) is 0 Å². The monoisotopic (exact) mass is 345 g/mol. The number of hydrogen-bond acceptors (Lipinski definition) is 3. The Kier molecular flexibility index (Phi) is 14.3. The molecule has 1 aliphatic carbocycles. The third-order valence-electron chi connectivity index (χ3n) is 4.19. The summed E-state index contributed by atoms with van der Waals surface area (Å²) in [4.78, 5) is 12.0. The molecule has 4 heteroatoms. The maximum Gasteiger partial charge on any atom is 0.407 e. The molecule has 3 atom stereocenters. The van der Waals surface area contributed by atoms with Gasteiger partial charge in [0.2, 0.25) is 0 Å². The molecule has 0 heterocycles. The zero-order valence-electron chi connectivity index (χ0n) is 17.6. The zero-order chi connectivity index (χ0) is 19.3. The molecule has 0 saturated heterocycles. The van der Waals surface area contributed by atoms with E-state index < -0.39 is 17.8 Å². The van der Waals surface area contributed by atoms with Crippen molar-refractivity contribution in [3.05, 3.63) is 0 Å². The van der Waals surface area contributed by atoms with E-state index in [0.717, 1.165) is 19.3 Å². The SMILES string of the molecule is CC.CC.CCC(C)C(NC(=O)OC(C)(C)C)C(O)C1CCCC1. The largest absolute Gasteiger partial charge is 0.444 e. The number of aliphatic hydroxyl groups excluding tert-OH is 1. The summed E-state index contributed by atoms with van der Waals surface area (Å²) in [6.07, 6.45) is 4.50. The van der Waals surface area contributed by atoms with Crippen LogP contribution in [0, 0.1) is 11.8 Å². The number of carbonyl (C=O) groups is 1. The number of rotatable bonds is 5. The smallest absolute Gasteiger partial charge is 0.407 e. The van der Waals surface area contributed by atoms with Crippen LogP contribution in [-0.2, 0) is 4.74 Å². The molecule has 1 saturated carbocycles. The predicted molar refractivity (Wildman–Crippen MR) is 103 cm³/mol. The van der Waals surface area contributed by atoms with Crippen LogP contribution in [0.4, 0.5) is 4.79 Å². The minimum absolute atomic E-state index is 0.224. The Morgan fingerprint density at radius 3 is 2.00 bits per heavy atom. The molecule has 1 rings (SSSR count). The first-order valence-electron chi connectivity index (χ1n) is 9.92. The van der Waals surface area contributed by atoms with E-state index in [1.165, 1.54) is 12.8 Å². The van der Waals surface area contributed by atoms with Gasteiger partial charge in [-0.05, 0) is 45.4 Å². The molecule has 0 aliphatic heterocycles. The van der Waals surface area contributed by atoms with Gasteiger partial charge in [0.1, 0.15) is 5.60 Å². The van der Waals surface area contributed by atoms with Gasteiger partial charge in [0.25, 0.3) is 0 Å². The fourth-order valence-corrected chi connectivity index (χ4v) is 2.85. The molecule has 146 valence electrons. The number of hydrogen-bond donors (Lipinski definition) is 2. The van der Waals surface area contributed by atoms with Gasteiger partial charge in [0.05, 0.1) is 12.1 Å². The third-order valence-corrected chi connectivity index (χ3v) is 4.19. The molecule has 4 nitrogen and oxygen atoms in total. The molecule has 0 aromatic carbocycles. The van der Waals surface area contributed by atoms with Crippen LogP contribution in [-0.4, -0.2) is 28.9 Å². The van der Waals surface area contributed by atoms with E-state index in [4.69, 9.17) is 4.74 Å². The van der Waals surface area contributed by atoms with Crippen molar-refractivity contribution in [3.63, 3.8) is 0 Å². The molecule has 2 N–H and O–H groups in total. The fourth-order valence-electron chi connectivity index (χ4n) is 2.85. The molecule has 0 bridgehead atoms. The van der Waals surface area contributed by atoms with E-state index in [1.54, 1.807) is 0 Å².